The van der Waals surface area contributed by atoms with Crippen molar-refractivity contribution in [1.82, 2.24) is 4.98 Å². The second-order valence-electron chi connectivity index (χ2n) is 7.16. The molecule has 1 aromatic heterocycles. The van der Waals surface area contributed by atoms with Gasteiger partial charge in [-0.1, -0.05) is 18.2 Å². The van der Waals surface area contributed by atoms with E-state index in [1.165, 1.54) is 25.1 Å². The number of esters is 1. The van der Waals surface area contributed by atoms with E-state index >= 15 is 0 Å². The van der Waals surface area contributed by atoms with Gasteiger partial charge in [0.05, 0.1) is 5.71 Å². The van der Waals surface area contributed by atoms with E-state index < -0.39 is 30.2 Å². The lowest BCUT2D eigenvalue weighted by Crippen LogP contribution is -2.39. The summed E-state index contributed by atoms with van der Waals surface area (Å²) in [5, 5.41) is 2.82. The Balaban J connectivity index is 1.84. The number of alkyl halides is 3. The Bertz CT molecular complexity index is 1180. The molecule has 0 aliphatic carbocycles. The van der Waals surface area contributed by atoms with E-state index in [4.69, 9.17) is 0 Å². The van der Waals surface area contributed by atoms with Gasteiger partial charge in [0.2, 0.25) is 0 Å². The zero-order chi connectivity index (χ0) is 22.9. The van der Waals surface area contributed by atoms with Gasteiger partial charge in [-0.25, -0.2) is 9.18 Å². The number of aromatic nitrogens is 1. The summed E-state index contributed by atoms with van der Waals surface area (Å²) in [7, 11) is 0. The molecule has 1 N–H and O–H groups in total. The number of carbonyl (C=O) groups is 1. The van der Waals surface area contributed by atoms with E-state index in [1.807, 2.05) is 0 Å². The third-order valence-electron chi connectivity index (χ3n) is 4.95. The Labute approximate surface area is 180 Å². The number of pyridine rings is 1. The Kier molecular flexibility index (Phi) is 5.65. The molecule has 4 rings (SSSR count). The molecule has 1 aliphatic rings. The maximum atomic E-state index is 14.7. The molecule has 0 bridgehead atoms. The van der Waals surface area contributed by atoms with Crippen LogP contribution in [0, 0.1) is 5.82 Å². The second-order valence-corrected chi connectivity index (χ2v) is 7.16. The van der Waals surface area contributed by atoms with Gasteiger partial charge in [-0.05, 0) is 54.4 Å². The average Bonchev–Trinajstić information content (AvgIpc) is 2.90. The van der Waals surface area contributed by atoms with Crippen molar-refractivity contribution in [1.29, 1.82) is 0 Å². The number of nitrogens with zero attached hydrogens (tertiary/aromatic N) is 2. The highest BCUT2D eigenvalue weighted by Gasteiger charge is 2.43. The van der Waals surface area contributed by atoms with Crippen molar-refractivity contribution in [3.63, 3.8) is 0 Å². The number of ether oxygens (including phenoxy) is 1. The number of nitrogens with one attached hydrogen (secondary N) is 1. The largest absolute Gasteiger partial charge is 0.491 e. The highest BCUT2D eigenvalue weighted by Crippen LogP contribution is 2.32. The number of aliphatic imine (C=N–C) groups is 1. The van der Waals surface area contributed by atoms with Crippen LogP contribution >= 0.6 is 0 Å². The summed E-state index contributed by atoms with van der Waals surface area (Å²) in [6.07, 6.45) is -3.31. The number of hydrogen-bond acceptors (Lipinski definition) is 5. The average molecular weight is 443 g/mol. The summed E-state index contributed by atoms with van der Waals surface area (Å²) < 4.78 is 57.6. The zero-order valence-corrected chi connectivity index (χ0v) is 16.7. The van der Waals surface area contributed by atoms with Crippen LogP contribution in [0.25, 0.3) is 11.1 Å². The minimum Gasteiger partial charge on any atom is -0.433 e. The topological polar surface area (TPSA) is 63.6 Å². The van der Waals surface area contributed by atoms with Gasteiger partial charge >= 0.3 is 12.1 Å². The molecule has 3 aromatic rings. The smallest absolute Gasteiger partial charge is 0.433 e. The van der Waals surface area contributed by atoms with Gasteiger partial charge in [0.25, 0.3) is 0 Å². The lowest BCUT2D eigenvalue weighted by Gasteiger charge is -2.22. The number of hydrogen-bond donors (Lipinski definition) is 1. The number of carbonyl (C=O) groups excluding carboxylic acids is 1. The molecule has 9 heteroatoms. The van der Waals surface area contributed by atoms with Crippen LogP contribution in [-0.4, -0.2) is 35.1 Å². The van der Waals surface area contributed by atoms with Crippen LogP contribution in [0.3, 0.4) is 0 Å². The van der Waals surface area contributed by atoms with Crippen LogP contribution in [0.1, 0.15) is 18.1 Å². The van der Waals surface area contributed by atoms with E-state index in [2.05, 4.69) is 20.0 Å². The van der Waals surface area contributed by atoms with Crippen molar-refractivity contribution in [3.8, 4) is 11.1 Å². The molecule has 0 amide bonds. The standard InChI is InChI=1S/C23H17F4N3O2/c1-13-21(32-22(31)23(25,26)27)30-19-7-6-15(14-8-10-28-11-9-14)12-17(19)20(29-13)16-4-2-3-5-18(16)24/h2-13,21,30H,1H3/t13-,21?/m0/s1. The summed E-state index contributed by atoms with van der Waals surface area (Å²) in [5.41, 5.74) is 2.84. The molecule has 0 saturated carbocycles. The van der Waals surface area contributed by atoms with Gasteiger partial charge in [-0.2, -0.15) is 13.2 Å². The van der Waals surface area contributed by atoms with Crippen molar-refractivity contribution in [2.75, 3.05) is 5.32 Å². The fourth-order valence-electron chi connectivity index (χ4n) is 3.38. The minimum absolute atomic E-state index is 0.178. The van der Waals surface area contributed by atoms with Gasteiger partial charge in [-0.15, -0.1) is 0 Å². The molecule has 0 radical (unpaired) electrons. The summed E-state index contributed by atoms with van der Waals surface area (Å²) in [6, 6.07) is 13.8. The van der Waals surface area contributed by atoms with Crippen molar-refractivity contribution in [2.24, 2.45) is 4.99 Å². The van der Waals surface area contributed by atoms with Gasteiger partial charge in [0.1, 0.15) is 11.9 Å². The third-order valence-corrected chi connectivity index (χ3v) is 4.95. The minimum atomic E-state index is -5.15. The first-order valence-corrected chi connectivity index (χ1v) is 9.66. The maximum Gasteiger partial charge on any atom is 0.491 e. The van der Waals surface area contributed by atoms with Gasteiger partial charge in [0, 0.05) is 29.2 Å². The summed E-state index contributed by atoms with van der Waals surface area (Å²) >= 11 is 0. The number of benzodiazepines with no additional fused rings is 1. The molecule has 1 aliphatic heterocycles. The van der Waals surface area contributed by atoms with E-state index in [9.17, 15) is 22.4 Å². The fraction of sp³-hybridized carbons (Fsp3) is 0.174. The first-order valence-electron chi connectivity index (χ1n) is 9.66. The van der Waals surface area contributed by atoms with Crippen molar-refractivity contribution >= 4 is 17.4 Å². The lowest BCUT2D eigenvalue weighted by atomic mass is 9.96. The molecule has 32 heavy (non-hydrogen) atoms. The molecule has 5 nitrogen and oxygen atoms in total. The maximum absolute atomic E-state index is 14.7. The predicted molar refractivity (Wildman–Crippen MR) is 111 cm³/mol. The molecule has 2 heterocycles. The summed E-state index contributed by atoms with van der Waals surface area (Å²) in [5.74, 6) is -2.87. The van der Waals surface area contributed by atoms with Crippen LogP contribution in [0.15, 0.2) is 72.0 Å². The van der Waals surface area contributed by atoms with Crippen LogP contribution in [0.2, 0.25) is 0 Å². The van der Waals surface area contributed by atoms with E-state index in [-0.39, 0.29) is 11.3 Å². The SMILES string of the molecule is C[C@@H]1N=C(c2ccccc2F)c2cc(-c3ccncc3)ccc2NC1OC(=O)C(F)(F)F. The summed E-state index contributed by atoms with van der Waals surface area (Å²) in [4.78, 5) is 19.9. The monoisotopic (exact) mass is 443 g/mol. The second kappa shape index (κ2) is 8.41. The molecule has 0 fully saturated rings. The summed E-state index contributed by atoms with van der Waals surface area (Å²) in [6.45, 7) is 1.48. The molecular weight excluding hydrogens is 426 g/mol. The van der Waals surface area contributed by atoms with Crippen LogP contribution < -0.4 is 5.32 Å². The van der Waals surface area contributed by atoms with Crippen LogP contribution in [-0.2, 0) is 9.53 Å². The van der Waals surface area contributed by atoms with Crippen LogP contribution in [0.4, 0.5) is 23.2 Å². The highest BCUT2D eigenvalue weighted by molar-refractivity contribution is 6.17. The molecule has 0 saturated heterocycles. The molecule has 2 aromatic carbocycles. The van der Waals surface area contributed by atoms with Crippen molar-refractivity contribution in [3.05, 3.63) is 83.9 Å². The quantitative estimate of drug-likeness (QED) is 0.459. The third kappa shape index (κ3) is 4.32. The van der Waals surface area contributed by atoms with Crippen LogP contribution in [0.5, 0.6) is 0 Å². The Hall–Kier alpha value is -3.75. The van der Waals surface area contributed by atoms with Gasteiger partial charge < -0.3 is 10.1 Å². The molecule has 2 atom stereocenters. The molecule has 0 spiro atoms. The predicted octanol–water partition coefficient (Wildman–Crippen LogP) is 4.97. The normalized spacial score (nSPS) is 18.1. The number of fused-ring (bicyclic) bond motifs is 1. The number of halogens is 4. The van der Waals surface area contributed by atoms with Crippen molar-refractivity contribution < 1.29 is 27.1 Å². The zero-order valence-electron chi connectivity index (χ0n) is 16.7. The van der Waals surface area contributed by atoms with Gasteiger partial charge in [-0.3, -0.25) is 9.98 Å². The first kappa shape index (κ1) is 21.5. The fourth-order valence-corrected chi connectivity index (χ4v) is 3.38. The molecular formula is C23H17F4N3O2. The number of anilines is 1. The first-order chi connectivity index (χ1) is 15.2. The van der Waals surface area contributed by atoms with Gasteiger partial charge in [0.15, 0.2) is 6.23 Å². The van der Waals surface area contributed by atoms with E-state index in [0.29, 0.717) is 11.3 Å². The Morgan fingerprint density at radius 3 is 2.41 bits per heavy atom. The molecule has 164 valence electrons. The number of rotatable bonds is 3. The Morgan fingerprint density at radius 2 is 1.72 bits per heavy atom. The lowest BCUT2D eigenvalue weighted by molar-refractivity contribution is -0.204. The Morgan fingerprint density at radius 1 is 1.00 bits per heavy atom. The van der Waals surface area contributed by atoms with Crippen molar-refractivity contribution in [2.45, 2.75) is 25.4 Å². The number of benzene rings is 2. The highest BCUT2D eigenvalue weighted by atomic mass is 19.4. The van der Waals surface area contributed by atoms with E-state index in [0.717, 1.165) is 11.1 Å². The van der Waals surface area contributed by atoms with E-state index in [1.54, 1.807) is 48.8 Å². The molecule has 1 unspecified atom stereocenters.